The highest BCUT2D eigenvalue weighted by Gasteiger charge is 2.19. The number of aromatic nitrogens is 3. The Balaban J connectivity index is 1.73. The van der Waals surface area contributed by atoms with Crippen molar-refractivity contribution in [3.63, 3.8) is 0 Å². The van der Waals surface area contributed by atoms with E-state index < -0.39 is 0 Å². The Labute approximate surface area is 192 Å². The smallest absolute Gasteiger partial charge is 0.355 e. The lowest BCUT2D eigenvalue weighted by atomic mass is 10.0. The topological polar surface area (TPSA) is 51.9 Å². The maximum atomic E-state index is 13.8. The molecule has 4 aromatic carbocycles. The highest BCUT2D eigenvalue weighted by atomic mass is 16.2. The van der Waals surface area contributed by atoms with Crippen molar-refractivity contribution < 1.29 is 0 Å². The molecule has 0 aliphatic heterocycles. The molecule has 0 aliphatic rings. The first-order valence-corrected chi connectivity index (χ1v) is 11.0. The van der Waals surface area contributed by atoms with E-state index in [2.05, 4.69) is 24.4 Å². The highest BCUT2D eigenvalue weighted by Crippen LogP contribution is 2.29. The number of nitrogens with one attached hydrogen (secondary N) is 1. The Morgan fingerprint density at radius 2 is 1.42 bits per heavy atom. The van der Waals surface area contributed by atoms with E-state index in [0.717, 1.165) is 40.3 Å². The number of nitrogens with zero attached hydrogens (tertiary/aromatic N) is 3. The average Bonchev–Trinajstić information content (AvgIpc) is 3.22. The van der Waals surface area contributed by atoms with Crippen LogP contribution in [0.25, 0.3) is 33.9 Å². The number of rotatable bonds is 6. The molecule has 1 heterocycles. The van der Waals surface area contributed by atoms with Crippen molar-refractivity contribution >= 4 is 5.69 Å². The van der Waals surface area contributed by atoms with Gasteiger partial charge in [-0.05, 0) is 42.8 Å². The molecule has 0 radical (unpaired) electrons. The molecule has 0 saturated heterocycles. The van der Waals surface area contributed by atoms with Gasteiger partial charge in [0, 0.05) is 23.4 Å². The molecule has 0 fully saturated rings. The summed E-state index contributed by atoms with van der Waals surface area (Å²) in [6, 6.07) is 35.5. The Hall–Kier alpha value is -4.38. The van der Waals surface area contributed by atoms with Crippen LogP contribution in [0.15, 0.2) is 114 Å². The molecule has 5 rings (SSSR count). The number of benzene rings is 4. The van der Waals surface area contributed by atoms with Gasteiger partial charge in [-0.25, -0.2) is 9.36 Å². The first-order chi connectivity index (χ1) is 16.3. The molecule has 1 aromatic heterocycles. The monoisotopic (exact) mass is 432 g/mol. The minimum atomic E-state index is -0.213. The van der Waals surface area contributed by atoms with Crippen molar-refractivity contribution in [3.8, 4) is 33.9 Å². The van der Waals surface area contributed by atoms with Gasteiger partial charge in [0.15, 0.2) is 5.82 Å². The third kappa shape index (κ3) is 3.96. The zero-order valence-corrected chi connectivity index (χ0v) is 18.3. The lowest BCUT2D eigenvalue weighted by molar-refractivity contribution is 0.831. The molecule has 162 valence electrons. The molecule has 5 aromatic rings. The van der Waals surface area contributed by atoms with E-state index in [-0.39, 0.29) is 5.69 Å². The molecule has 1 N–H and O–H groups in total. The fraction of sp³-hybridized carbons (Fsp3) is 0.0714. The summed E-state index contributed by atoms with van der Waals surface area (Å²) in [4.78, 5) is 13.8. The van der Waals surface area contributed by atoms with Crippen LogP contribution in [0.3, 0.4) is 0 Å². The molecular formula is C28H24N4O. The number of anilines is 1. The van der Waals surface area contributed by atoms with Crippen LogP contribution in [0.5, 0.6) is 0 Å². The minimum absolute atomic E-state index is 0.213. The fourth-order valence-corrected chi connectivity index (χ4v) is 4.01. The first kappa shape index (κ1) is 20.5. The predicted molar refractivity (Wildman–Crippen MR) is 134 cm³/mol. The Bertz CT molecular complexity index is 1440. The summed E-state index contributed by atoms with van der Waals surface area (Å²) in [5.74, 6) is 0.600. The van der Waals surface area contributed by atoms with E-state index >= 15 is 0 Å². The second-order valence-corrected chi connectivity index (χ2v) is 7.68. The standard InChI is InChI=1S/C28H24N4O/c1-2-29-23-15-11-14-22(20-23)25-18-9-10-19-26(25)32-28(33)31(24-16-7-4-8-17-24)27(30-32)21-12-5-3-6-13-21/h3-20,29H,2H2,1H3. The Kier molecular flexibility index (Phi) is 5.60. The molecule has 0 bridgehead atoms. The molecule has 5 heteroatoms. The Morgan fingerprint density at radius 1 is 0.758 bits per heavy atom. The van der Waals surface area contributed by atoms with Crippen LogP contribution in [-0.2, 0) is 0 Å². The summed E-state index contributed by atoms with van der Waals surface area (Å²) in [5, 5.41) is 8.18. The normalized spacial score (nSPS) is 10.8. The summed E-state index contributed by atoms with van der Waals surface area (Å²) in [6.07, 6.45) is 0. The molecular weight excluding hydrogens is 408 g/mol. The van der Waals surface area contributed by atoms with Crippen molar-refractivity contribution in [1.82, 2.24) is 14.3 Å². The summed E-state index contributed by atoms with van der Waals surface area (Å²) in [6.45, 7) is 2.91. The van der Waals surface area contributed by atoms with Gasteiger partial charge >= 0.3 is 5.69 Å². The van der Waals surface area contributed by atoms with Crippen molar-refractivity contribution in [2.75, 3.05) is 11.9 Å². The van der Waals surface area contributed by atoms with Crippen molar-refractivity contribution in [2.45, 2.75) is 6.92 Å². The largest absolute Gasteiger partial charge is 0.385 e. The highest BCUT2D eigenvalue weighted by molar-refractivity contribution is 5.75. The van der Waals surface area contributed by atoms with Crippen LogP contribution in [0, 0.1) is 0 Å². The van der Waals surface area contributed by atoms with Gasteiger partial charge in [-0.3, -0.25) is 0 Å². The van der Waals surface area contributed by atoms with E-state index in [4.69, 9.17) is 5.10 Å². The number of hydrogen-bond acceptors (Lipinski definition) is 3. The SMILES string of the molecule is CCNc1cccc(-c2ccccc2-n2nc(-c3ccccc3)n(-c3ccccc3)c2=O)c1. The molecule has 0 amide bonds. The van der Waals surface area contributed by atoms with Crippen molar-refractivity contribution in [3.05, 3.63) is 120 Å². The van der Waals surface area contributed by atoms with Crippen molar-refractivity contribution in [1.29, 1.82) is 0 Å². The lowest BCUT2D eigenvalue weighted by Gasteiger charge is -2.11. The second kappa shape index (κ2) is 9.01. The van der Waals surface area contributed by atoms with Gasteiger partial charge in [0.2, 0.25) is 0 Å². The van der Waals surface area contributed by atoms with Gasteiger partial charge in [0.05, 0.1) is 11.4 Å². The molecule has 0 aliphatic carbocycles. The molecule has 0 unspecified atom stereocenters. The van der Waals surface area contributed by atoms with Crippen LogP contribution in [0.4, 0.5) is 5.69 Å². The Morgan fingerprint density at radius 3 is 2.18 bits per heavy atom. The van der Waals surface area contributed by atoms with E-state index in [0.29, 0.717) is 5.82 Å². The van der Waals surface area contributed by atoms with Crippen LogP contribution >= 0.6 is 0 Å². The van der Waals surface area contributed by atoms with Gasteiger partial charge in [0.1, 0.15) is 0 Å². The van der Waals surface area contributed by atoms with Crippen LogP contribution < -0.4 is 11.0 Å². The van der Waals surface area contributed by atoms with Crippen LogP contribution in [0.2, 0.25) is 0 Å². The zero-order chi connectivity index (χ0) is 22.6. The maximum Gasteiger partial charge on any atom is 0.355 e. The minimum Gasteiger partial charge on any atom is -0.385 e. The zero-order valence-electron chi connectivity index (χ0n) is 18.3. The molecule has 0 atom stereocenters. The van der Waals surface area contributed by atoms with E-state index in [1.165, 1.54) is 4.68 Å². The maximum absolute atomic E-state index is 13.8. The van der Waals surface area contributed by atoms with Gasteiger partial charge in [-0.15, -0.1) is 5.10 Å². The molecule has 33 heavy (non-hydrogen) atoms. The predicted octanol–water partition coefficient (Wildman–Crippen LogP) is 5.79. The van der Waals surface area contributed by atoms with E-state index in [1.54, 1.807) is 4.57 Å². The van der Waals surface area contributed by atoms with Crippen LogP contribution in [-0.4, -0.2) is 20.9 Å². The third-order valence-electron chi connectivity index (χ3n) is 5.51. The lowest BCUT2D eigenvalue weighted by Crippen LogP contribution is -2.23. The van der Waals surface area contributed by atoms with Crippen LogP contribution in [0.1, 0.15) is 6.92 Å². The quantitative estimate of drug-likeness (QED) is 0.370. The summed E-state index contributed by atoms with van der Waals surface area (Å²) < 4.78 is 3.17. The van der Waals surface area contributed by atoms with E-state index in [1.807, 2.05) is 97.1 Å². The van der Waals surface area contributed by atoms with Gasteiger partial charge in [-0.2, -0.15) is 4.68 Å². The van der Waals surface area contributed by atoms with Crippen molar-refractivity contribution in [2.24, 2.45) is 0 Å². The fourth-order valence-electron chi connectivity index (χ4n) is 4.01. The summed E-state index contributed by atoms with van der Waals surface area (Å²) in [7, 11) is 0. The van der Waals surface area contributed by atoms with Gasteiger partial charge in [0.25, 0.3) is 0 Å². The second-order valence-electron chi connectivity index (χ2n) is 7.68. The van der Waals surface area contributed by atoms with Gasteiger partial charge < -0.3 is 5.32 Å². The number of para-hydroxylation sites is 2. The average molecular weight is 433 g/mol. The number of hydrogen-bond donors (Lipinski definition) is 1. The first-order valence-electron chi connectivity index (χ1n) is 11.0. The van der Waals surface area contributed by atoms with E-state index in [9.17, 15) is 4.79 Å². The molecule has 0 spiro atoms. The third-order valence-corrected chi connectivity index (χ3v) is 5.51. The summed E-state index contributed by atoms with van der Waals surface area (Å²) >= 11 is 0. The molecule has 5 nitrogen and oxygen atoms in total. The molecule has 0 saturated carbocycles. The van der Waals surface area contributed by atoms with Gasteiger partial charge in [-0.1, -0.05) is 78.9 Å². The summed E-state index contributed by atoms with van der Waals surface area (Å²) in [5.41, 5.74) is 5.18.